The van der Waals surface area contributed by atoms with Gasteiger partial charge < -0.3 is 0 Å². The van der Waals surface area contributed by atoms with Crippen LogP contribution in [0.3, 0.4) is 0 Å². The van der Waals surface area contributed by atoms with Gasteiger partial charge in [0.15, 0.2) is 17.5 Å². The summed E-state index contributed by atoms with van der Waals surface area (Å²) < 4.78 is 0. The van der Waals surface area contributed by atoms with E-state index in [0.29, 0.717) is 17.5 Å². The quantitative estimate of drug-likeness (QED) is 0.126. The Balaban J connectivity index is 0.939. The van der Waals surface area contributed by atoms with Gasteiger partial charge in [0.25, 0.3) is 0 Å². The predicted octanol–water partition coefficient (Wildman–Crippen LogP) is 14.5. The minimum Gasteiger partial charge on any atom is -0.208 e. The highest BCUT2D eigenvalue weighted by Crippen LogP contribution is 2.40. The second kappa shape index (κ2) is 14.1. The number of fused-ring (bicyclic) bond motifs is 5. The summed E-state index contributed by atoms with van der Waals surface area (Å²) in [6.07, 6.45) is 0. The smallest absolute Gasteiger partial charge is 0.164 e. The Labute approximate surface area is 336 Å². The maximum absolute atomic E-state index is 5.01. The largest absolute Gasteiger partial charge is 0.208 e. The van der Waals surface area contributed by atoms with Gasteiger partial charge in [0.2, 0.25) is 0 Å². The van der Waals surface area contributed by atoms with Crippen molar-refractivity contribution in [2.24, 2.45) is 0 Å². The molecule has 58 heavy (non-hydrogen) atoms. The lowest BCUT2D eigenvalue weighted by molar-refractivity contribution is 1.07. The fraction of sp³-hybridized carbons (Fsp3) is 0. The zero-order valence-corrected chi connectivity index (χ0v) is 31.5. The maximum Gasteiger partial charge on any atom is 0.164 e. The number of hydrogen-bond acceptors (Lipinski definition) is 3. The van der Waals surface area contributed by atoms with Gasteiger partial charge >= 0.3 is 0 Å². The molecule has 3 nitrogen and oxygen atoms in total. The normalized spacial score (nSPS) is 11.4. The number of aromatic nitrogens is 3. The van der Waals surface area contributed by atoms with E-state index >= 15 is 0 Å². The number of hydrogen-bond donors (Lipinski definition) is 0. The van der Waals surface area contributed by atoms with Crippen LogP contribution < -0.4 is 0 Å². The first kappa shape index (κ1) is 33.6. The monoisotopic (exact) mass is 737 g/mol. The molecular weight excluding hydrogens is 703 g/mol. The van der Waals surface area contributed by atoms with Crippen LogP contribution in [-0.2, 0) is 0 Å². The maximum atomic E-state index is 5.01. The molecule has 0 spiro atoms. The van der Waals surface area contributed by atoms with Gasteiger partial charge in [-0.25, -0.2) is 15.0 Å². The highest BCUT2D eigenvalue weighted by Gasteiger charge is 2.15. The summed E-state index contributed by atoms with van der Waals surface area (Å²) in [6.45, 7) is 0. The average Bonchev–Trinajstić information content (AvgIpc) is 3.31. The van der Waals surface area contributed by atoms with E-state index in [1.807, 2.05) is 36.4 Å². The molecular formula is C55H35N3. The van der Waals surface area contributed by atoms with Crippen LogP contribution in [0.15, 0.2) is 212 Å². The third kappa shape index (κ3) is 6.07. The van der Waals surface area contributed by atoms with Gasteiger partial charge in [-0.2, -0.15) is 0 Å². The van der Waals surface area contributed by atoms with Gasteiger partial charge in [-0.1, -0.05) is 194 Å². The van der Waals surface area contributed by atoms with Gasteiger partial charge in [-0.05, 0) is 94.7 Å². The number of nitrogens with zero attached hydrogens (tertiary/aromatic N) is 3. The molecule has 0 saturated carbocycles. The first-order chi connectivity index (χ1) is 28.7. The Morgan fingerprint density at radius 2 is 0.621 bits per heavy atom. The van der Waals surface area contributed by atoms with Gasteiger partial charge in [-0.15, -0.1) is 0 Å². The Hall–Kier alpha value is -7.75. The topological polar surface area (TPSA) is 38.7 Å². The van der Waals surface area contributed by atoms with Gasteiger partial charge in [0, 0.05) is 16.7 Å². The summed E-state index contributed by atoms with van der Waals surface area (Å²) >= 11 is 0. The van der Waals surface area contributed by atoms with Crippen molar-refractivity contribution >= 4 is 43.1 Å². The molecule has 1 aromatic heterocycles. The minimum atomic E-state index is 0.641. The van der Waals surface area contributed by atoms with Crippen LogP contribution in [-0.4, -0.2) is 15.0 Å². The summed E-state index contributed by atoms with van der Waals surface area (Å²) in [6, 6.07) is 75.5. The average molecular weight is 738 g/mol. The van der Waals surface area contributed by atoms with E-state index in [9.17, 15) is 0 Å². The minimum absolute atomic E-state index is 0.641. The lowest BCUT2D eigenvalue weighted by Crippen LogP contribution is -2.00. The highest BCUT2D eigenvalue weighted by atomic mass is 15.0. The molecule has 0 aliphatic carbocycles. The van der Waals surface area contributed by atoms with E-state index in [4.69, 9.17) is 15.0 Å². The summed E-state index contributed by atoms with van der Waals surface area (Å²) in [7, 11) is 0. The number of benzene rings is 10. The van der Waals surface area contributed by atoms with Crippen molar-refractivity contribution in [2.75, 3.05) is 0 Å². The fourth-order valence-electron chi connectivity index (χ4n) is 8.32. The van der Waals surface area contributed by atoms with Gasteiger partial charge in [0.05, 0.1) is 0 Å². The third-order valence-corrected chi connectivity index (χ3v) is 11.3. The molecule has 1 heterocycles. The second-order valence-corrected chi connectivity index (χ2v) is 14.8. The van der Waals surface area contributed by atoms with Crippen LogP contribution in [0.2, 0.25) is 0 Å². The van der Waals surface area contributed by atoms with Crippen LogP contribution in [0.25, 0.3) is 111 Å². The van der Waals surface area contributed by atoms with E-state index in [1.165, 1.54) is 59.8 Å². The molecule has 11 rings (SSSR count). The molecule has 10 aromatic carbocycles. The van der Waals surface area contributed by atoms with Gasteiger partial charge in [-0.3, -0.25) is 0 Å². The third-order valence-electron chi connectivity index (χ3n) is 11.3. The molecule has 0 amide bonds. The Bertz CT molecular complexity index is 3300. The van der Waals surface area contributed by atoms with Crippen LogP contribution >= 0.6 is 0 Å². The van der Waals surface area contributed by atoms with Crippen LogP contribution in [0.1, 0.15) is 0 Å². The molecule has 0 radical (unpaired) electrons. The molecule has 0 fully saturated rings. The summed E-state index contributed by atoms with van der Waals surface area (Å²) in [5, 5.41) is 10.0. The van der Waals surface area contributed by atoms with E-state index in [1.54, 1.807) is 0 Å². The molecule has 11 aromatic rings. The SMILES string of the molecule is c1ccc(-c2ccc(-c3nc(-c4ccccc4)nc(-c4ccc(-c5ccc6cc(-c7c8ccccc8cc8c7ccc7ccccc78)ccc6c5)cc4)n3)cc2)cc1. The predicted molar refractivity (Wildman–Crippen MR) is 242 cm³/mol. The van der Waals surface area contributed by atoms with Crippen molar-refractivity contribution in [3.8, 4) is 67.5 Å². The van der Waals surface area contributed by atoms with Crippen LogP contribution in [0.4, 0.5) is 0 Å². The molecule has 0 N–H and O–H groups in total. The lowest BCUT2D eigenvalue weighted by Gasteiger charge is -2.15. The zero-order valence-electron chi connectivity index (χ0n) is 31.5. The van der Waals surface area contributed by atoms with Crippen molar-refractivity contribution in [3.05, 3.63) is 212 Å². The first-order valence-corrected chi connectivity index (χ1v) is 19.7. The molecule has 270 valence electrons. The van der Waals surface area contributed by atoms with Crippen LogP contribution in [0.5, 0.6) is 0 Å². The van der Waals surface area contributed by atoms with Crippen molar-refractivity contribution in [3.63, 3.8) is 0 Å². The standard InChI is InChI=1S/C55H35N3/c1-3-11-36(12-4-1)37-19-23-41(24-20-37)54-56-53(40-14-5-2-6-15-40)57-55(58-54)42-25-21-38(22-26-42)43-27-28-45-34-47(30-29-44(45)33-43)52-49-18-10-8-16-46(49)35-51-48-17-9-7-13-39(48)31-32-50(51)52/h1-35H. The first-order valence-electron chi connectivity index (χ1n) is 19.7. The number of rotatable bonds is 6. The highest BCUT2D eigenvalue weighted by molar-refractivity contribution is 6.20. The van der Waals surface area contributed by atoms with E-state index in [0.717, 1.165) is 33.4 Å². The van der Waals surface area contributed by atoms with Gasteiger partial charge in [0.1, 0.15) is 0 Å². The summed E-state index contributed by atoms with van der Waals surface area (Å²) in [4.78, 5) is 14.9. The van der Waals surface area contributed by atoms with E-state index in [-0.39, 0.29) is 0 Å². The molecule has 0 aliphatic rings. The van der Waals surface area contributed by atoms with E-state index < -0.39 is 0 Å². The van der Waals surface area contributed by atoms with Crippen molar-refractivity contribution < 1.29 is 0 Å². The molecule has 0 saturated heterocycles. The van der Waals surface area contributed by atoms with Crippen molar-refractivity contribution in [1.29, 1.82) is 0 Å². The lowest BCUT2D eigenvalue weighted by atomic mass is 9.89. The van der Waals surface area contributed by atoms with Crippen molar-refractivity contribution in [2.45, 2.75) is 0 Å². The Morgan fingerprint density at radius 3 is 1.26 bits per heavy atom. The Morgan fingerprint density at radius 1 is 0.207 bits per heavy atom. The molecule has 0 unspecified atom stereocenters. The zero-order chi connectivity index (χ0) is 38.4. The Kier molecular flexibility index (Phi) is 8.15. The fourth-order valence-corrected chi connectivity index (χ4v) is 8.32. The molecule has 3 heteroatoms. The summed E-state index contributed by atoms with van der Waals surface area (Å²) in [5.74, 6) is 1.93. The molecule has 0 aliphatic heterocycles. The second-order valence-electron chi connectivity index (χ2n) is 14.8. The van der Waals surface area contributed by atoms with Crippen LogP contribution in [0, 0.1) is 0 Å². The van der Waals surface area contributed by atoms with Crippen molar-refractivity contribution in [1.82, 2.24) is 15.0 Å². The molecule has 0 atom stereocenters. The molecule has 0 bridgehead atoms. The van der Waals surface area contributed by atoms with E-state index in [2.05, 4.69) is 176 Å². The summed E-state index contributed by atoms with van der Waals surface area (Å²) in [5.41, 5.74) is 9.96.